The van der Waals surface area contributed by atoms with Gasteiger partial charge < -0.3 is 15.3 Å². The highest BCUT2D eigenvalue weighted by Crippen LogP contribution is 2.39. The Morgan fingerprint density at radius 1 is 0.914 bits per heavy atom. The molecule has 15 heteroatoms. The normalized spacial score (nSPS) is 20.5. The number of aliphatic carboxylic acids is 3. The van der Waals surface area contributed by atoms with Crippen LogP contribution < -0.4 is 0 Å². The van der Waals surface area contributed by atoms with Gasteiger partial charge in [0.1, 0.15) is 5.82 Å². The average molecular weight is 520 g/mol. The van der Waals surface area contributed by atoms with Crippen molar-refractivity contribution < 1.29 is 60.4 Å². The zero-order valence-electron chi connectivity index (χ0n) is 18.1. The number of likely N-dealkylation sites (tertiary alicyclic amines) is 2. The van der Waals surface area contributed by atoms with Crippen LogP contribution in [0.5, 0.6) is 0 Å². The van der Waals surface area contributed by atoms with Crippen molar-refractivity contribution >= 4 is 17.9 Å². The summed E-state index contributed by atoms with van der Waals surface area (Å²) in [7, 11) is 0. The molecule has 8 nitrogen and oxygen atoms in total. The van der Waals surface area contributed by atoms with Gasteiger partial charge in [-0.3, -0.25) is 14.6 Å². The highest BCUT2D eigenvalue weighted by molar-refractivity contribution is 5.73. The summed E-state index contributed by atoms with van der Waals surface area (Å²) in [6, 6.07) is 6.75. The van der Waals surface area contributed by atoms with Gasteiger partial charge in [-0.25, -0.2) is 14.0 Å². The maximum atomic E-state index is 13.3. The number of carboxylic acid groups (broad SMARTS) is 3. The minimum Gasteiger partial charge on any atom is -0.480 e. The summed E-state index contributed by atoms with van der Waals surface area (Å²) >= 11 is 0. The highest BCUT2D eigenvalue weighted by Gasteiger charge is 2.47. The largest absolute Gasteiger partial charge is 0.490 e. The van der Waals surface area contributed by atoms with Gasteiger partial charge in [-0.2, -0.15) is 26.3 Å². The minimum atomic E-state index is -5.08. The van der Waals surface area contributed by atoms with Crippen molar-refractivity contribution in [3.05, 3.63) is 35.6 Å². The Morgan fingerprint density at radius 2 is 1.46 bits per heavy atom. The molecule has 198 valence electrons. The van der Waals surface area contributed by atoms with E-state index in [0.717, 1.165) is 51.0 Å². The molecule has 2 aliphatic heterocycles. The van der Waals surface area contributed by atoms with Gasteiger partial charge in [-0.1, -0.05) is 12.1 Å². The predicted molar refractivity (Wildman–Crippen MR) is 105 cm³/mol. The van der Waals surface area contributed by atoms with E-state index in [9.17, 15) is 35.5 Å². The average Bonchev–Trinajstić information content (AvgIpc) is 2.70. The lowest BCUT2D eigenvalue weighted by molar-refractivity contribution is -0.193. The summed E-state index contributed by atoms with van der Waals surface area (Å²) in [5.74, 6) is -6.47. The summed E-state index contributed by atoms with van der Waals surface area (Å²) in [5, 5.41) is 23.2. The molecule has 2 heterocycles. The van der Waals surface area contributed by atoms with E-state index in [1.807, 2.05) is 11.0 Å². The maximum Gasteiger partial charge on any atom is 0.490 e. The van der Waals surface area contributed by atoms with Gasteiger partial charge in [0.05, 0.1) is 6.54 Å². The molecular weight excluding hydrogens is 497 g/mol. The molecule has 3 N–H and O–H groups in total. The van der Waals surface area contributed by atoms with Crippen molar-refractivity contribution in [1.29, 1.82) is 0 Å². The van der Waals surface area contributed by atoms with E-state index in [-0.39, 0.29) is 17.9 Å². The number of benzene rings is 1. The Morgan fingerprint density at radius 3 is 1.86 bits per heavy atom. The molecule has 2 saturated heterocycles. The third-order valence-electron chi connectivity index (χ3n) is 5.26. The van der Waals surface area contributed by atoms with Crippen molar-refractivity contribution in [3.8, 4) is 0 Å². The van der Waals surface area contributed by atoms with Crippen molar-refractivity contribution in [3.63, 3.8) is 0 Å². The number of carbonyl (C=O) groups is 3. The van der Waals surface area contributed by atoms with Gasteiger partial charge in [0.15, 0.2) is 0 Å². The molecule has 1 aromatic rings. The summed E-state index contributed by atoms with van der Waals surface area (Å²) in [5.41, 5.74) is 1.09. The van der Waals surface area contributed by atoms with Gasteiger partial charge in [-0.05, 0) is 43.5 Å². The highest BCUT2D eigenvalue weighted by atomic mass is 19.4. The fourth-order valence-corrected chi connectivity index (χ4v) is 3.68. The SMILES string of the molecule is O=C(O)C(F)(F)F.O=C(O)C(F)(F)F.O=C(O)CN1CCCC2(CCN2Cc2cccc(F)c2)C1. The van der Waals surface area contributed by atoms with E-state index in [1.165, 1.54) is 6.07 Å². The number of nitrogens with zero attached hydrogens (tertiary/aromatic N) is 2. The lowest BCUT2D eigenvalue weighted by Gasteiger charge is -2.57. The van der Waals surface area contributed by atoms with E-state index in [0.29, 0.717) is 0 Å². The molecule has 2 aliphatic rings. The summed E-state index contributed by atoms with van der Waals surface area (Å²) in [4.78, 5) is 33.1. The third kappa shape index (κ3) is 10.1. The second kappa shape index (κ2) is 12.2. The van der Waals surface area contributed by atoms with E-state index in [2.05, 4.69) is 4.90 Å². The number of halogens is 7. The van der Waals surface area contributed by atoms with Crippen LogP contribution in [0, 0.1) is 5.82 Å². The van der Waals surface area contributed by atoms with Crippen LogP contribution in [0.1, 0.15) is 24.8 Å². The molecule has 1 atom stereocenters. The number of rotatable bonds is 4. The van der Waals surface area contributed by atoms with E-state index in [1.54, 1.807) is 12.1 Å². The van der Waals surface area contributed by atoms with Gasteiger partial charge in [-0.15, -0.1) is 0 Å². The van der Waals surface area contributed by atoms with Gasteiger partial charge in [0.2, 0.25) is 0 Å². The lowest BCUT2D eigenvalue weighted by Crippen LogP contribution is -2.66. The van der Waals surface area contributed by atoms with Crippen LogP contribution >= 0.6 is 0 Å². The van der Waals surface area contributed by atoms with E-state index >= 15 is 0 Å². The van der Waals surface area contributed by atoms with Crippen molar-refractivity contribution in [2.45, 2.75) is 43.7 Å². The molecular formula is C20H23F7N2O6. The molecule has 0 amide bonds. The first-order chi connectivity index (χ1) is 16.0. The molecule has 0 radical (unpaired) electrons. The maximum absolute atomic E-state index is 13.3. The lowest BCUT2D eigenvalue weighted by atomic mass is 9.77. The van der Waals surface area contributed by atoms with Gasteiger partial charge >= 0.3 is 30.3 Å². The molecule has 0 aromatic heterocycles. The summed E-state index contributed by atoms with van der Waals surface area (Å²) < 4.78 is 76.8. The van der Waals surface area contributed by atoms with Crippen molar-refractivity contribution in [2.75, 3.05) is 26.2 Å². The summed E-state index contributed by atoms with van der Waals surface area (Å²) in [6.07, 6.45) is -6.91. The number of piperidine rings is 1. The topological polar surface area (TPSA) is 118 Å². The number of carboxylic acids is 3. The molecule has 0 saturated carbocycles. The number of hydrogen-bond acceptors (Lipinski definition) is 5. The third-order valence-corrected chi connectivity index (χ3v) is 5.26. The van der Waals surface area contributed by atoms with Gasteiger partial charge in [0, 0.05) is 25.2 Å². The molecule has 2 fully saturated rings. The van der Waals surface area contributed by atoms with Gasteiger partial charge in [0.25, 0.3) is 0 Å². The Hall–Kier alpha value is -2.94. The smallest absolute Gasteiger partial charge is 0.480 e. The predicted octanol–water partition coefficient (Wildman–Crippen LogP) is 3.22. The standard InChI is InChI=1S/C16H21FN2O2.2C2HF3O2/c17-14-4-1-3-13(9-14)10-19-8-6-16(19)5-2-7-18(12-16)11-15(20)21;2*3-2(4,5)1(6)7/h1,3-4,9H,2,5-8,10-12H2,(H,20,21);2*(H,6,7). The Bertz CT molecular complexity index is 869. The van der Waals surface area contributed by atoms with Crippen LogP contribution in [0.25, 0.3) is 0 Å². The molecule has 3 rings (SSSR count). The van der Waals surface area contributed by atoms with Crippen LogP contribution in [0.15, 0.2) is 24.3 Å². The Balaban J connectivity index is 0.000000362. The number of alkyl halides is 6. The Kier molecular flexibility index (Phi) is 10.4. The van der Waals surface area contributed by atoms with Crippen LogP contribution in [-0.2, 0) is 20.9 Å². The van der Waals surface area contributed by atoms with Crippen LogP contribution in [0.4, 0.5) is 30.7 Å². The second-order valence-corrected chi connectivity index (χ2v) is 7.84. The monoisotopic (exact) mass is 520 g/mol. The van der Waals surface area contributed by atoms with E-state index < -0.39 is 30.3 Å². The fourth-order valence-electron chi connectivity index (χ4n) is 3.68. The van der Waals surface area contributed by atoms with Crippen LogP contribution in [0.2, 0.25) is 0 Å². The fraction of sp³-hybridized carbons (Fsp3) is 0.550. The number of hydrogen-bond donors (Lipinski definition) is 3. The van der Waals surface area contributed by atoms with Crippen molar-refractivity contribution in [1.82, 2.24) is 9.80 Å². The molecule has 1 aromatic carbocycles. The minimum absolute atomic E-state index is 0.0972. The molecule has 0 aliphatic carbocycles. The second-order valence-electron chi connectivity index (χ2n) is 7.84. The quantitative estimate of drug-likeness (QED) is 0.518. The zero-order chi connectivity index (χ0) is 27.0. The van der Waals surface area contributed by atoms with Crippen LogP contribution in [0.3, 0.4) is 0 Å². The van der Waals surface area contributed by atoms with Crippen LogP contribution in [-0.4, -0.2) is 87.1 Å². The van der Waals surface area contributed by atoms with E-state index in [4.69, 9.17) is 24.9 Å². The molecule has 1 unspecified atom stereocenters. The zero-order valence-corrected chi connectivity index (χ0v) is 18.1. The molecule has 35 heavy (non-hydrogen) atoms. The Labute approximate surface area is 194 Å². The molecule has 1 spiro atoms. The first kappa shape index (κ1) is 30.1. The first-order valence-corrected chi connectivity index (χ1v) is 10.00. The van der Waals surface area contributed by atoms with Crippen molar-refractivity contribution in [2.24, 2.45) is 0 Å². The first-order valence-electron chi connectivity index (χ1n) is 10.00. The summed E-state index contributed by atoms with van der Waals surface area (Å²) in [6.45, 7) is 3.56. The molecule has 0 bridgehead atoms.